The van der Waals surface area contributed by atoms with E-state index in [9.17, 15) is 4.79 Å². The van der Waals surface area contributed by atoms with Crippen LogP contribution in [0, 0.1) is 13.8 Å². The molecule has 1 atom stereocenters. The Morgan fingerprint density at radius 2 is 2.00 bits per heavy atom. The molecule has 1 aromatic carbocycles. The lowest BCUT2D eigenvalue weighted by Gasteiger charge is -2.21. The van der Waals surface area contributed by atoms with Crippen molar-refractivity contribution in [3.63, 3.8) is 0 Å². The van der Waals surface area contributed by atoms with E-state index < -0.39 is 0 Å². The summed E-state index contributed by atoms with van der Waals surface area (Å²) in [5, 5.41) is 0. The van der Waals surface area contributed by atoms with Gasteiger partial charge in [-0.05, 0) is 47.0 Å². The van der Waals surface area contributed by atoms with Crippen molar-refractivity contribution < 1.29 is 4.79 Å². The van der Waals surface area contributed by atoms with Crippen LogP contribution in [0.15, 0.2) is 15.0 Å². The van der Waals surface area contributed by atoms with Crippen LogP contribution in [-0.4, -0.2) is 18.5 Å². The summed E-state index contributed by atoms with van der Waals surface area (Å²) in [5.74, 6) is 0.0966. The van der Waals surface area contributed by atoms with Crippen molar-refractivity contribution in [1.82, 2.24) is 0 Å². The summed E-state index contributed by atoms with van der Waals surface area (Å²) in [6.07, 6.45) is 0.431. The Labute approximate surface area is 118 Å². The Hall–Kier alpha value is -0.390. The molecule has 1 saturated heterocycles. The summed E-state index contributed by atoms with van der Waals surface area (Å²) in [7, 11) is 0. The average Bonchev–Trinajstić information content (AvgIpc) is 2.60. The monoisotopic (exact) mass is 360 g/mol. The molecule has 1 aliphatic heterocycles. The van der Waals surface area contributed by atoms with Crippen molar-refractivity contribution in [2.24, 2.45) is 5.73 Å². The smallest absolute Gasteiger partial charge is 0.228 e. The van der Waals surface area contributed by atoms with Crippen molar-refractivity contribution >= 4 is 43.5 Å². The van der Waals surface area contributed by atoms with Gasteiger partial charge in [-0.25, -0.2) is 0 Å². The zero-order valence-corrected chi connectivity index (χ0v) is 12.9. The van der Waals surface area contributed by atoms with Gasteiger partial charge in [-0.3, -0.25) is 4.79 Å². The van der Waals surface area contributed by atoms with E-state index in [2.05, 4.69) is 31.9 Å². The molecule has 1 aliphatic rings. The highest BCUT2D eigenvalue weighted by atomic mass is 79.9. The SMILES string of the molecule is Cc1cc(N2CC(N)CC2=O)c(Br)c(C)c1Br. The second kappa shape index (κ2) is 4.71. The lowest BCUT2D eigenvalue weighted by atomic mass is 10.1. The largest absolute Gasteiger partial charge is 0.326 e. The molecule has 2 rings (SSSR count). The summed E-state index contributed by atoms with van der Waals surface area (Å²) in [4.78, 5) is 13.6. The molecule has 1 fully saturated rings. The van der Waals surface area contributed by atoms with Gasteiger partial charge in [0.25, 0.3) is 0 Å². The van der Waals surface area contributed by atoms with Crippen molar-refractivity contribution in [2.75, 3.05) is 11.4 Å². The molecular weight excluding hydrogens is 348 g/mol. The predicted octanol–water partition coefficient (Wildman–Crippen LogP) is 2.89. The molecule has 0 bridgehead atoms. The van der Waals surface area contributed by atoms with Crippen LogP contribution in [0.4, 0.5) is 5.69 Å². The van der Waals surface area contributed by atoms with E-state index in [4.69, 9.17) is 5.73 Å². The van der Waals surface area contributed by atoms with Crippen LogP contribution >= 0.6 is 31.9 Å². The topological polar surface area (TPSA) is 46.3 Å². The lowest BCUT2D eigenvalue weighted by molar-refractivity contribution is -0.117. The molecule has 0 saturated carbocycles. The zero-order valence-electron chi connectivity index (χ0n) is 9.76. The summed E-state index contributed by atoms with van der Waals surface area (Å²) < 4.78 is 2.03. The summed E-state index contributed by atoms with van der Waals surface area (Å²) in [5.41, 5.74) is 8.96. The van der Waals surface area contributed by atoms with Crippen LogP contribution in [0.1, 0.15) is 17.5 Å². The Morgan fingerprint density at radius 3 is 2.53 bits per heavy atom. The van der Waals surface area contributed by atoms with Crippen LogP contribution in [-0.2, 0) is 4.79 Å². The predicted molar refractivity (Wildman–Crippen MR) is 76.3 cm³/mol. The minimum Gasteiger partial charge on any atom is -0.326 e. The molecule has 17 heavy (non-hydrogen) atoms. The summed E-state index contributed by atoms with van der Waals surface area (Å²) in [6, 6.07) is 1.95. The second-order valence-corrected chi connectivity index (χ2v) is 6.02. The normalized spacial score (nSPS) is 20.2. The Kier molecular flexibility index (Phi) is 3.61. The van der Waals surface area contributed by atoms with Crippen LogP contribution in [0.25, 0.3) is 0 Å². The molecule has 2 N–H and O–H groups in total. The number of nitrogens with two attached hydrogens (primary N) is 1. The van der Waals surface area contributed by atoms with E-state index in [1.54, 1.807) is 4.90 Å². The molecule has 5 heteroatoms. The number of benzene rings is 1. The van der Waals surface area contributed by atoms with Gasteiger partial charge in [-0.15, -0.1) is 0 Å². The molecule has 1 amide bonds. The van der Waals surface area contributed by atoms with Gasteiger partial charge < -0.3 is 10.6 Å². The molecule has 1 heterocycles. The average molecular weight is 362 g/mol. The van der Waals surface area contributed by atoms with Gasteiger partial charge in [-0.2, -0.15) is 0 Å². The second-order valence-electron chi connectivity index (χ2n) is 4.43. The molecule has 3 nitrogen and oxygen atoms in total. The number of rotatable bonds is 1. The fourth-order valence-electron chi connectivity index (χ4n) is 2.08. The van der Waals surface area contributed by atoms with E-state index in [1.165, 1.54) is 0 Å². The third-order valence-electron chi connectivity index (χ3n) is 3.03. The quantitative estimate of drug-likeness (QED) is 0.835. The van der Waals surface area contributed by atoms with Crippen LogP contribution in [0.3, 0.4) is 0 Å². The highest BCUT2D eigenvalue weighted by Gasteiger charge is 2.30. The number of hydrogen-bond acceptors (Lipinski definition) is 2. The molecule has 0 aliphatic carbocycles. The van der Waals surface area contributed by atoms with E-state index in [-0.39, 0.29) is 11.9 Å². The molecule has 1 unspecified atom stereocenters. The first kappa shape index (κ1) is 13.1. The maximum absolute atomic E-state index is 11.9. The number of hydrogen-bond donors (Lipinski definition) is 1. The number of nitrogens with zero attached hydrogens (tertiary/aromatic N) is 1. The van der Waals surface area contributed by atoms with Gasteiger partial charge in [-0.1, -0.05) is 15.9 Å². The van der Waals surface area contributed by atoms with E-state index in [0.717, 1.165) is 25.8 Å². The number of carbonyl (C=O) groups is 1. The highest BCUT2D eigenvalue weighted by Crippen LogP contribution is 2.37. The molecule has 92 valence electrons. The minimum atomic E-state index is -0.0568. The molecular formula is C12H14Br2N2O. The Balaban J connectivity index is 2.50. The third-order valence-corrected chi connectivity index (χ3v) is 5.25. The maximum atomic E-state index is 11.9. The highest BCUT2D eigenvalue weighted by molar-refractivity contribution is 9.11. The van der Waals surface area contributed by atoms with Gasteiger partial charge >= 0.3 is 0 Å². The third kappa shape index (κ3) is 2.28. The van der Waals surface area contributed by atoms with Gasteiger partial charge in [0, 0.05) is 28.0 Å². The number of aryl methyl sites for hydroxylation is 1. The number of halogens is 2. The van der Waals surface area contributed by atoms with Crippen LogP contribution in [0.5, 0.6) is 0 Å². The van der Waals surface area contributed by atoms with Crippen molar-refractivity contribution in [3.05, 3.63) is 26.1 Å². The van der Waals surface area contributed by atoms with Crippen molar-refractivity contribution in [2.45, 2.75) is 26.3 Å². The van der Waals surface area contributed by atoms with Gasteiger partial charge in [0.1, 0.15) is 0 Å². The Bertz CT molecular complexity index is 488. The standard InChI is InChI=1S/C12H14Br2N2O/c1-6-3-9(12(14)7(2)11(6)13)16-5-8(15)4-10(16)17/h3,8H,4-5,15H2,1-2H3. The fourth-order valence-corrected chi connectivity index (χ4v) is 3.19. The minimum absolute atomic E-state index is 0.0568. The van der Waals surface area contributed by atoms with Crippen molar-refractivity contribution in [1.29, 1.82) is 0 Å². The van der Waals surface area contributed by atoms with Crippen molar-refractivity contribution in [3.8, 4) is 0 Å². The maximum Gasteiger partial charge on any atom is 0.228 e. The van der Waals surface area contributed by atoms with E-state index >= 15 is 0 Å². The Morgan fingerprint density at radius 1 is 1.35 bits per heavy atom. The first-order chi connectivity index (χ1) is 7.91. The fraction of sp³-hybridized carbons (Fsp3) is 0.417. The van der Waals surface area contributed by atoms with E-state index in [0.29, 0.717) is 13.0 Å². The first-order valence-electron chi connectivity index (χ1n) is 5.43. The van der Waals surface area contributed by atoms with Gasteiger partial charge in [0.05, 0.1) is 5.69 Å². The molecule has 0 aromatic heterocycles. The number of amides is 1. The van der Waals surface area contributed by atoms with E-state index in [1.807, 2.05) is 19.9 Å². The van der Waals surface area contributed by atoms with Gasteiger partial charge in [0.2, 0.25) is 5.91 Å². The van der Waals surface area contributed by atoms with Crippen LogP contribution in [0.2, 0.25) is 0 Å². The number of anilines is 1. The van der Waals surface area contributed by atoms with Crippen LogP contribution < -0.4 is 10.6 Å². The lowest BCUT2D eigenvalue weighted by Crippen LogP contribution is -2.28. The zero-order chi connectivity index (χ0) is 12.7. The molecule has 0 radical (unpaired) electrons. The first-order valence-corrected chi connectivity index (χ1v) is 7.01. The summed E-state index contributed by atoms with van der Waals surface area (Å²) in [6.45, 7) is 4.64. The number of carbonyl (C=O) groups excluding carboxylic acids is 1. The molecule has 0 spiro atoms. The van der Waals surface area contributed by atoms with Gasteiger partial charge in [0.15, 0.2) is 0 Å². The summed E-state index contributed by atoms with van der Waals surface area (Å²) >= 11 is 7.10. The molecule has 1 aromatic rings.